The lowest BCUT2D eigenvalue weighted by Crippen LogP contribution is -2.27. The smallest absolute Gasteiger partial charge is 0.251 e. The lowest BCUT2D eigenvalue weighted by atomic mass is 9.97. The lowest BCUT2D eigenvalue weighted by Gasteiger charge is -2.12. The molecule has 0 spiro atoms. The Bertz CT molecular complexity index is 704. The Hall–Kier alpha value is -2.41. The average molecular weight is 332 g/mol. The van der Waals surface area contributed by atoms with E-state index in [1.165, 1.54) is 0 Å². The number of aliphatic hydroxyl groups is 1. The second-order valence-electron chi connectivity index (χ2n) is 6.58. The fourth-order valence-corrected chi connectivity index (χ4v) is 2.14. The van der Waals surface area contributed by atoms with E-state index in [1.807, 2.05) is 33.8 Å². The molecule has 3 N–H and O–H groups in total. The molecule has 24 heavy (non-hydrogen) atoms. The molecule has 0 aliphatic rings. The number of carbonyl (C=O) groups excluding carboxylic acids is 1. The fraction of sp³-hybridized carbons (Fsp3) is 0.471. The highest BCUT2D eigenvalue weighted by molar-refractivity contribution is 5.97. The van der Waals surface area contributed by atoms with Crippen molar-refractivity contribution in [1.82, 2.24) is 15.5 Å². The third-order valence-corrected chi connectivity index (χ3v) is 3.52. The Kier molecular flexibility index (Phi) is 5.56. The van der Waals surface area contributed by atoms with Gasteiger partial charge in [0.2, 0.25) is 5.89 Å². The first-order valence-electron chi connectivity index (χ1n) is 7.88. The first kappa shape index (κ1) is 17.9. The van der Waals surface area contributed by atoms with Gasteiger partial charge in [0, 0.05) is 23.2 Å². The largest absolute Gasteiger partial charge is 0.395 e. The highest BCUT2D eigenvalue weighted by Gasteiger charge is 2.21. The van der Waals surface area contributed by atoms with E-state index in [0.717, 1.165) is 11.3 Å². The molecule has 0 radical (unpaired) electrons. The van der Waals surface area contributed by atoms with Crippen LogP contribution in [0, 0.1) is 6.92 Å². The van der Waals surface area contributed by atoms with Crippen LogP contribution < -0.4 is 10.6 Å². The van der Waals surface area contributed by atoms with Crippen LogP contribution in [-0.2, 0) is 12.0 Å². The van der Waals surface area contributed by atoms with Gasteiger partial charge >= 0.3 is 0 Å². The Morgan fingerprint density at radius 3 is 2.71 bits per heavy atom. The van der Waals surface area contributed by atoms with Crippen LogP contribution in [-0.4, -0.2) is 34.3 Å². The first-order chi connectivity index (χ1) is 11.3. The van der Waals surface area contributed by atoms with Crippen molar-refractivity contribution in [3.63, 3.8) is 0 Å². The average Bonchev–Trinajstić information content (AvgIpc) is 3.01. The Balaban J connectivity index is 2.08. The standard InChI is InChI=1S/C17H24N4O3/c1-11-12(15(23)18-8-9-22)6-5-7-13(11)19-10-14-20-16(24-21-14)17(2,3)4/h5-7,19,22H,8-10H2,1-4H3,(H,18,23). The van der Waals surface area contributed by atoms with Crippen molar-refractivity contribution in [3.05, 3.63) is 41.0 Å². The first-order valence-corrected chi connectivity index (χ1v) is 7.88. The van der Waals surface area contributed by atoms with Gasteiger partial charge < -0.3 is 20.3 Å². The summed E-state index contributed by atoms with van der Waals surface area (Å²) in [6, 6.07) is 5.45. The second-order valence-corrected chi connectivity index (χ2v) is 6.58. The number of aromatic nitrogens is 2. The van der Waals surface area contributed by atoms with Crippen molar-refractivity contribution in [2.45, 2.75) is 39.7 Å². The molecule has 1 aromatic heterocycles. The van der Waals surface area contributed by atoms with Crippen molar-refractivity contribution < 1.29 is 14.4 Å². The summed E-state index contributed by atoms with van der Waals surface area (Å²) >= 11 is 0. The monoisotopic (exact) mass is 332 g/mol. The third kappa shape index (κ3) is 4.32. The summed E-state index contributed by atoms with van der Waals surface area (Å²) in [7, 11) is 0. The number of nitrogens with zero attached hydrogens (tertiary/aromatic N) is 2. The van der Waals surface area contributed by atoms with Crippen molar-refractivity contribution in [1.29, 1.82) is 0 Å². The number of benzene rings is 1. The molecule has 2 aromatic rings. The van der Waals surface area contributed by atoms with Crippen LogP contribution in [0.5, 0.6) is 0 Å². The lowest BCUT2D eigenvalue weighted by molar-refractivity contribution is 0.0944. The number of rotatable bonds is 6. The topological polar surface area (TPSA) is 100 Å². The quantitative estimate of drug-likeness (QED) is 0.748. The highest BCUT2D eigenvalue weighted by Crippen LogP contribution is 2.21. The van der Waals surface area contributed by atoms with Gasteiger partial charge in [-0.15, -0.1) is 0 Å². The predicted molar refractivity (Wildman–Crippen MR) is 90.9 cm³/mol. The maximum absolute atomic E-state index is 12.1. The molecule has 0 fully saturated rings. The molecule has 1 amide bonds. The van der Waals surface area contributed by atoms with Gasteiger partial charge in [-0.05, 0) is 24.6 Å². The summed E-state index contributed by atoms with van der Waals surface area (Å²) in [5.41, 5.74) is 2.03. The summed E-state index contributed by atoms with van der Waals surface area (Å²) in [6.45, 7) is 8.45. The minimum atomic E-state index is -0.209. The van der Waals surface area contributed by atoms with Crippen molar-refractivity contribution >= 4 is 11.6 Å². The van der Waals surface area contributed by atoms with Crippen molar-refractivity contribution in [3.8, 4) is 0 Å². The zero-order chi connectivity index (χ0) is 17.7. The molecule has 0 bridgehead atoms. The number of aliphatic hydroxyl groups excluding tert-OH is 1. The van der Waals surface area contributed by atoms with E-state index >= 15 is 0 Å². The van der Waals surface area contributed by atoms with Gasteiger partial charge in [-0.1, -0.05) is 32.0 Å². The normalized spacial score (nSPS) is 11.4. The van der Waals surface area contributed by atoms with E-state index in [1.54, 1.807) is 12.1 Å². The van der Waals surface area contributed by atoms with Gasteiger partial charge in [0.25, 0.3) is 5.91 Å². The number of hydrogen-bond donors (Lipinski definition) is 3. The maximum atomic E-state index is 12.1. The van der Waals surface area contributed by atoms with Gasteiger partial charge in [-0.3, -0.25) is 4.79 Å². The molecular formula is C17H24N4O3. The molecule has 130 valence electrons. The van der Waals surface area contributed by atoms with Gasteiger partial charge in [0.05, 0.1) is 13.2 Å². The summed E-state index contributed by atoms with van der Waals surface area (Å²) in [5, 5.41) is 18.7. The number of anilines is 1. The SMILES string of the molecule is Cc1c(NCc2noc(C(C)(C)C)n2)cccc1C(=O)NCCO. The number of nitrogens with one attached hydrogen (secondary N) is 2. The highest BCUT2D eigenvalue weighted by atomic mass is 16.5. The van der Waals surface area contributed by atoms with Crippen LogP contribution >= 0.6 is 0 Å². The van der Waals surface area contributed by atoms with Gasteiger partial charge in [0.15, 0.2) is 5.82 Å². The van der Waals surface area contributed by atoms with Gasteiger partial charge in [-0.2, -0.15) is 4.98 Å². The van der Waals surface area contributed by atoms with E-state index in [4.69, 9.17) is 9.63 Å². The molecule has 0 aliphatic heterocycles. The summed E-state index contributed by atoms with van der Waals surface area (Å²) < 4.78 is 5.27. The Morgan fingerprint density at radius 2 is 2.08 bits per heavy atom. The van der Waals surface area contributed by atoms with Crippen molar-refractivity contribution in [2.75, 3.05) is 18.5 Å². The van der Waals surface area contributed by atoms with E-state index in [2.05, 4.69) is 20.8 Å². The third-order valence-electron chi connectivity index (χ3n) is 3.52. The van der Waals surface area contributed by atoms with E-state index < -0.39 is 0 Å². The maximum Gasteiger partial charge on any atom is 0.251 e. The molecule has 7 heteroatoms. The molecule has 0 saturated carbocycles. The number of hydrogen-bond acceptors (Lipinski definition) is 6. The fourth-order valence-electron chi connectivity index (χ4n) is 2.14. The second kappa shape index (κ2) is 7.44. The molecule has 0 saturated heterocycles. The zero-order valence-corrected chi connectivity index (χ0v) is 14.5. The zero-order valence-electron chi connectivity index (χ0n) is 14.5. The molecule has 0 atom stereocenters. The van der Waals surface area contributed by atoms with E-state index in [0.29, 0.717) is 23.8 Å². The number of amides is 1. The minimum absolute atomic E-state index is 0.0866. The number of carbonyl (C=O) groups is 1. The minimum Gasteiger partial charge on any atom is -0.395 e. The molecule has 0 aliphatic carbocycles. The van der Waals surface area contributed by atoms with Crippen molar-refractivity contribution in [2.24, 2.45) is 0 Å². The van der Waals surface area contributed by atoms with Crippen LogP contribution in [0.3, 0.4) is 0 Å². The van der Waals surface area contributed by atoms with Crippen LogP contribution in [0.15, 0.2) is 22.7 Å². The van der Waals surface area contributed by atoms with Crippen LogP contribution in [0.2, 0.25) is 0 Å². The van der Waals surface area contributed by atoms with Crippen LogP contribution in [0.4, 0.5) is 5.69 Å². The van der Waals surface area contributed by atoms with E-state index in [9.17, 15) is 4.79 Å². The molecule has 1 aromatic carbocycles. The van der Waals surface area contributed by atoms with Crippen LogP contribution in [0.1, 0.15) is 48.4 Å². The van der Waals surface area contributed by atoms with Gasteiger partial charge in [-0.25, -0.2) is 0 Å². The molecule has 0 unspecified atom stereocenters. The van der Waals surface area contributed by atoms with E-state index in [-0.39, 0.29) is 24.5 Å². The Morgan fingerprint density at radius 1 is 1.33 bits per heavy atom. The molecule has 7 nitrogen and oxygen atoms in total. The molecule has 2 rings (SSSR count). The van der Waals surface area contributed by atoms with Crippen LogP contribution in [0.25, 0.3) is 0 Å². The Labute approximate surface area is 141 Å². The summed E-state index contributed by atoms with van der Waals surface area (Å²) in [5.74, 6) is 0.947. The molecule has 1 heterocycles. The summed E-state index contributed by atoms with van der Waals surface area (Å²) in [6.07, 6.45) is 0. The summed E-state index contributed by atoms with van der Waals surface area (Å²) in [4.78, 5) is 16.5. The predicted octanol–water partition coefficient (Wildman–Crippen LogP) is 2.01. The van der Waals surface area contributed by atoms with Gasteiger partial charge in [0.1, 0.15) is 0 Å². The molecular weight excluding hydrogens is 308 g/mol.